The second-order valence-electron chi connectivity index (χ2n) is 11.2. The average molecular weight is 536 g/mol. The first-order chi connectivity index (χ1) is 18.7. The van der Waals surface area contributed by atoms with Crippen LogP contribution in [-0.4, -0.2) is 66.9 Å². The number of carbonyl (C=O) groups excluding carboxylic acids is 2. The van der Waals surface area contributed by atoms with E-state index < -0.39 is 5.41 Å². The van der Waals surface area contributed by atoms with E-state index in [1.54, 1.807) is 43.5 Å². The Morgan fingerprint density at radius 2 is 2.03 bits per heavy atom. The Morgan fingerprint density at radius 1 is 1.26 bits per heavy atom. The van der Waals surface area contributed by atoms with Gasteiger partial charge in [0.05, 0.1) is 36.7 Å². The van der Waals surface area contributed by atoms with Gasteiger partial charge in [-0.3, -0.25) is 9.59 Å². The molecule has 5 rings (SSSR count). The molecular weight excluding hydrogens is 498 g/mol. The number of methoxy groups -OCH3 is 1. The highest BCUT2D eigenvalue weighted by Crippen LogP contribution is 2.40. The van der Waals surface area contributed by atoms with Crippen LogP contribution in [0.4, 0.5) is 23.1 Å². The molecular formula is C28H37N7O4. The van der Waals surface area contributed by atoms with Crippen LogP contribution in [0.3, 0.4) is 0 Å². The number of anilines is 4. The van der Waals surface area contributed by atoms with Crippen molar-refractivity contribution in [1.29, 1.82) is 0 Å². The Morgan fingerprint density at radius 3 is 2.72 bits per heavy atom. The summed E-state index contributed by atoms with van der Waals surface area (Å²) in [6.45, 7) is 6.84. The van der Waals surface area contributed by atoms with Crippen LogP contribution in [0.1, 0.15) is 63.2 Å². The van der Waals surface area contributed by atoms with Crippen molar-refractivity contribution >= 4 is 40.7 Å². The zero-order chi connectivity index (χ0) is 27.7. The molecule has 0 saturated heterocycles. The number of carbonyl (C=O) groups is 2. The van der Waals surface area contributed by atoms with Crippen LogP contribution in [0.25, 0.3) is 0 Å². The van der Waals surface area contributed by atoms with Gasteiger partial charge in [0, 0.05) is 31.6 Å². The molecule has 1 fully saturated rings. The van der Waals surface area contributed by atoms with Gasteiger partial charge in [0.25, 0.3) is 5.91 Å². The van der Waals surface area contributed by atoms with E-state index in [2.05, 4.69) is 25.7 Å². The molecule has 11 heteroatoms. The molecule has 1 unspecified atom stereocenters. The molecule has 0 radical (unpaired) electrons. The molecule has 3 aliphatic rings. The molecule has 2 aromatic rings. The molecule has 0 spiro atoms. The number of amides is 2. The lowest BCUT2D eigenvalue weighted by atomic mass is 9.91. The zero-order valence-corrected chi connectivity index (χ0v) is 23.3. The number of benzene rings is 1. The molecule has 3 heterocycles. The summed E-state index contributed by atoms with van der Waals surface area (Å²) in [4.78, 5) is 44.6. The van der Waals surface area contributed by atoms with Crippen LogP contribution in [0, 0.1) is 5.41 Å². The third-order valence-corrected chi connectivity index (χ3v) is 7.65. The second-order valence-corrected chi connectivity index (χ2v) is 11.2. The summed E-state index contributed by atoms with van der Waals surface area (Å²) in [7, 11) is 3.34. The van der Waals surface area contributed by atoms with Gasteiger partial charge in [-0.25, -0.2) is 4.98 Å². The van der Waals surface area contributed by atoms with Gasteiger partial charge in [-0.2, -0.15) is 4.98 Å². The predicted octanol–water partition coefficient (Wildman–Crippen LogP) is 3.88. The number of nitrogens with one attached hydrogen (secondary N) is 2. The Hall–Kier alpha value is -3.89. The number of aromatic nitrogens is 2. The Labute approximate surface area is 228 Å². The minimum absolute atomic E-state index is 0.0372. The van der Waals surface area contributed by atoms with Crippen molar-refractivity contribution in [1.82, 2.24) is 15.3 Å². The number of ether oxygens (including phenoxy) is 1. The van der Waals surface area contributed by atoms with E-state index in [0.29, 0.717) is 54.2 Å². The van der Waals surface area contributed by atoms with Gasteiger partial charge in [-0.15, -0.1) is 0 Å². The third kappa shape index (κ3) is 5.48. The van der Waals surface area contributed by atoms with Crippen molar-refractivity contribution in [3.05, 3.63) is 30.0 Å². The van der Waals surface area contributed by atoms with Crippen molar-refractivity contribution in [3.63, 3.8) is 0 Å². The molecule has 1 saturated carbocycles. The van der Waals surface area contributed by atoms with Crippen LogP contribution < -0.4 is 25.2 Å². The van der Waals surface area contributed by atoms with Crippen LogP contribution in [-0.2, 0) is 9.63 Å². The average Bonchev–Trinajstić information content (AvgIpc) is 3.60. The highest BCUT2D eigenvalue weighted by atomic mass is 16.6. The summed E-state index contributed by atoms with van der Waals surface area (Å²) in [6.07, 6.45) is 6.96. The van der Waals surface area contributed by atoms with E-state index >= 15 is 0 Å². The standard InChI is InChI=1S/C28H37N7O4/c1-17-12-19(33-39-17)14-29-25(36)18-10-11-21(23(13-18)38-5)31-27-30-15-22-24(32-27)35(20-8-6-7-9-20)16-28(2,3)26(37)34(22)4/h10-11,13,15,17,20H,6-9,12,14,16H2,1-5H3,(H,29,36)(H,30,31,32). The molecule has 2 N–H and O–H groups in total. The molecule has 208 valence electrons. The van der Waals surface area contributed by atoms with Crippen molar-refractivity contribution in [2.45, 2.75) is 65.0 Å². The first-order valence-corrected chi connectivity index (χ1v) is 13.5. The predicted molar refractivity (Wildman–Crippen MR) is 150 cm³/mol. The summed E-state index contributed by atoms with van der Waals surface area (Å²) in [5, 5.41) is 10.1. The van der Waals surface area contributed by atoms with Gasteiger partial charge in [-0.05, 0) is 51.8 Å². The summed E-state index contributed by atoms with van der Waals surface area (Å²) >= 11 is 0. The highest BCUT2D eigenvalue weighted by molar-refractivity contribution is 6.01. The number of hydrogen-bond acceptors (Lipinski definition) is 9. The molecule has 1 atom stereocenters. The monoisotopic (exact) mass is 535 g/mol. The first kappa shape index (κ1) is 26.7. The Bertz CT molecular complexity index is 1290. The van der Waals surface area contributed by atoms with Gasteiger partial charge in [0.2, 0.25) is 11.9 Å². The molecule has 2 amide bonds. The Balaban J connectivity index is 1.38. The summed E-state index contributed by atoms with van der Waals surface area (Å²) in [6, 6.07) is 5.51. The van der Waals surface area contributed by atoms with Crippen LogP contribution in [0.2, 0.25) is 0 Å². The van der Waals surface area contributed by atoms with Gasteiger partial charge in [0.15, 0.2) is 5.82 Å². The molecule has 2 aliphatic heterocycles. The van der Waals surface area contributed by atoms with Gasteiger partial charge < -0.3 is 30.0 Å². The summed E-state index contributed by atoms with van der Waals surface area (Å²) in [5.41, 5.74) is 2.04. The first-order valence-electron chi connectivity index (χ1n) is 13.5. The van der Waals surface area contributed by atoms with Crippen molar-refractivity contribution in [3.8, 4) is 5.75 Å². The summed E-state index contributed by atoms with van der Waals surface area (Å²) < 4.78 is 5.59. The lowest BCUT2D eigenvalue weighted by Gasteiger charge is -2.34. The van der Waals surface area contributed by atoms with Gasteiger partial charge in [0.1, 0.15) is 17.5 Å². The normalized spacial score (nSPS) is 20.7. The third-order valence-electron chi connectivity index (χ3n) is 7.65. The number of hydrogen-bond donors (Lipinski definition) is 2. The van der Waals surface area contributed by atoms with E-state index in [1.807, 2.05) is 20.8 Å². The Kier molecular flexibility index (Phi) is 7.33. The minimum atomic E-state index is -0.555. The van der Waals surface area contributed by atoms with E-state index in [0.717, 1.165) is 24.4 Å². The SMILES string of the molecule is COc1cc(C(=O)NCC2=NOC(C)C2)ccc1Nc1ncc2c(n1)N(C1CCCC1)CC(C)(C)C(=O)N2C. The van der Waals surface area contributed by atoms with Crippen LogP contribution in [0.5, 0.6) is 5.75 Å². The largest absolute Gasteiger partial charge is 0.495 e. The number of fused-ring (bicyclic) bond motifs is 1. The van der Waals surface area contributed by atoms with E-state index in [1.165, 1.54) is 12.8 Å². The fourth-order valence-electron chi connectivity index (χ4n) is 5.54. The number of rotatable bonds is 7. The topological polar surface area (TPSA) is 121 Å². The van der Waals surface area contributed by atoms with Crippen molar-refractivity contribution in [2.75, 3.05) is 42.4 Å². The molecule has 0 bridgehead atoms. The van der Waals surface area contributed by atoms with Gasteiger partial charge >= 0.3 is 0 Å². The minimum Gasteiger partial charge on any atom is -0.495 e. The fraction of sp³-hybridized carbons (Fsp3) is 0.536. The second kappa shape index (κ2) is 10.7. The maximum Gasteiger partial charge on any atom is 0.251 e. The number of nitrogens with zero attached hydrogens (tertiary/aromatic N) is 5. The summed E-state index contributed by atoms with van der Waals surface area (Å²) in [5.74, 6) is 1.44. The molecule has 1 aromatic heterocycles. The van der Waals surface area contributed by atoms with E-state index in [4.69, 9.17) is 14.6 Å². The van der Waals surface area contributed by atoms with Crippen molar-refractivity contribution in [2.24, 2.45) is 10.6 Å². The molecule has 39 heavy (non-hydrogen) atoms. The lowest BCUT2D eigenvalue weighted by molar-refractivity contribution is -0.125. The van der Waals surface area contributed by atoms with E-state index in [9.17, 15) is 9.59 Å². The molecule has 1 aromatic carbocycles. The maximum atomic E-state index is 13.2. The van der Waals surface area contributed by atoms with Crippen LogP contribution in [0.15, 0.2) is 29.6 Å². The lowest BCUT2D eigenvalue weighted by Crippen LogP contribution is -2.45. The van der Waals surface area contributed by atoms with Crippen molar-refractivity contribution < 1.29 is 19.2 Å². The molecule has 11 nitrogen and oxygen atoms in total. The number of oxime groups is 1. The fourth-order valence-corrected chi connectivity index (χ4v) is 5.54. The quantitative estimate of drug-likeness (QED) is 0.548. The van der Waals surface area contributed by atoms with E-state index in [-0.39, 0.29) is 17.9 Å². The highest BCUT2D eigenvalue weighted by Gasteiger charge is 2.41. The maximum absolute atomic E-state index is 13.2. The van der Waals surface area contributed by atoms with Crippen LogP contribution >= 0.6 is 0 Å². The molecule has 1 aliphatic carbocycles. The zero-order valence-electron chi connectivity index (χ0n) is 23.3. The smallest absolute Gasteiger partial charge is 0.251 e. The van der Waals surface area contributed by atoms with Gasteiger partial charge in [-0.1, -0.05) is 18.0 Å².